The first-order valence-corrected chi connectivity index (χ1v) is 9.36. The lowest BCUT2D eigenvalue weighted by atomic mass is 9.92. The lowest BCUT2D eigenvalue weighted by Gasteiger charge is -2.42. The smallest absolute Gasteiger partial charge is 0.229 e. The van der Waals surface area contributed by atoms with Gasteiger partial charge in [-0.2, -0.15) is 5.26 Å². The maximum absolute atomic E-state index is 10.6. The van der Waals surface area contributed by atoms with Crippen LogP contribution >= 0.6 is 0 Å². The van der Waals surface area contributed by atoms with E-state index in [1.54, 1.807) is 31.2 Å². The van der Waals surface area contributed by atoms with Crippen molar-refractivity contribution in [1.29, 1.82) is 5.26 Å². The molecule has 0 bridgehead atoms. The van der Waals surface area contributed by atoms with Crippen LogP contribution in [0.5, 0.6) is 5.75 Å². The zero-order chi connectivity index (χ0) is 21.8. The van der Waals surface area contributed by atoms with E-state index in [0.29, 0.717) is 22.4 Å². The molecule has 2 aromatic carbocycles. The predicted octanol–water partition coefficient (Wildman–Crippen LogP) is 1.40. The third kappa shape index (κ3) is 4.46. The molecule has 0 saturated carbocycles. The number of benzene rings is 2. The van der Waals surface area contributed by atoms with E-state index in [0.717, 1.165) is 0 Å². The fourth-order valence-electron chi connectivity index (χ4n) is 3.18. The average Bonchev–Trinajstić information content (AvgIpc) is 2.79. The molecule has 0 spiro atoms. The molecule has 0 radical (unpaired) electrons. The Labute approximate surface area is 173 Å². The number of rotatable bonds is 5. The van der Waals surface area contributed by atoms with Gasteiger partial charge in [-0.3, -0.25) is 0 Å². The fraction of sp³-hybridized carbons (Fsp3) is 0.318. The van der Waals surface area contributed by atoms with Crippen molar-refractivity contribution in [1.82, 2.24) is 0 Å². The normalized spacial score (nSPS) is 27.9. The van der Waals surface area contributed by atoms with Gasteiger partial charge in [0.1, 0.15) is 42.0 Å². The number of nitriles is 1. The maximum atomic E-state index is 10.6. The monoisotopic (exact) mass is 413 g/mol. The molecule has 0 aliphatic carbocycles. The molecule has 5 N–H and O–H groups in total. The van der Waals surface area contributed by atoms with Gasteiger partial charge in [-0.05, 0) is 55.0 Å². The lowest BCUT2D eigenvalue weighted by molar-refractivity contribution is -0.289. The van der Waals surface area contributed by atoms with Gasteiger partial charge < -0.3 is 35.0 Å². The maximum Gasteiger partial charge on any atom is 0.229 e. The number of hydrogen-bond donors (Lipinski definition) is 5. The Morgan fingerprint density at radius 2 is 1.67 bits per heavy atom. The first-order chi connectivity index (χ1) is 14.3. The first kappa shape index (κ1) is 21.8. The Hall–Kier alpha value is -2.93. The summed E-state index contributed by atoms with van der Waals surface area (Å²) < 4.78 is 11.2. The molecule has 1 heterocycles. The molecule has 8 heteroatoms. The summed E-state index contributed by atoms with van der Waals surface area (Å²) >= 11 is 0. The zero-order valence-corrected chi connectivity index (χ0v) is 16.2. The summed E-state index contributed by atoms with van der Waals surface area (Å²) in [6.07, 6.45) is -7.19. The van der Waals surface area contributed by atoms with Crippen LogP contribution in [0.15, 0.2) is 54.6 Å². The van der Waals surface area contributed by atoms with Crippen LogP contribution in [0.4, 0.5) is 0 Å². The van der Waals surface area contributed by atoms with Crippen LogP contribution < -0.4 is 4.74 Å². The van der Waals surface area contributed by atoms with Crippen LogP contribution in [0.2, 0.25) is 0 Å². The second kappa shape index (κ2) is 9.26. The summed E-state index contributed by atoms with van der Waals surface area (Å²) in [5.41, 5.74) is 1.34. The van der Waals surface area contributed by atoms with Crippen molar-refractivity contribution in [3.05, 3.63) is 71.3 Å². The van der Waals surface area contributed by atoms with E-state index in [1.807, 2.05) is 6.07 Å². The van der Waals surface area contributed by atoms with Gasteiger partial charge in [0.2, 0.25) is 6.29 Å². The second-order valence-electron chi connectivity index (χ2n) is 6.94. The summed E-state index contributed by atoms with van der Waals surface area (Å²) in [5, 5.41) is 60.1. The van der Waals surface area contributed by atoms with Crippen LogP contribution in [0.1, 0.15) is 29.7 Å². The van der Waals surface area contributed by atoms with E-state index < -0.39 is 36.8 Å². The standard InChI is InChI=1S/C22H23NO7/c1-2-16(24)13-7-9-15(10-8-13)29-22-20(28)18(26)19(27)21(30-22)17(25)14-5-3-12(11-23)4-6-14/h2-10,17-22,24-28H,1H3/t17?,18-,19-,20+,21+,22+/m0/s1. The third-order valence-electron chi connectivity index (χ3n) is 4.97. The second-order valence-corrected chi connectivity index (χ2v) is 6.94. The number of nitrogens with zero attached hydrogens (tertiary/aromatic N) is 1. The highest BCUT2D eigenvalue weighted by Crippen LogP contribution is 2.31. The Kier molecular flexibility index (Phi) is 6.72. The molecule has 1 aliphatic rings. The largest absolute Gasteiger partial charge is 0.508 e. The van der Waals surface area contributed by atoms with Crippen molar-refractivity contribution in [2.75, 3.05) is 0 Å². The number of aliphatic hydroxyl groups excluding tert-OH is 5. The molecular weight excluding hydrogens is 390 g/mol. The van der Waals surface area contributed by atoms with Gasteiger partial charge in [0, 0.05) is 5.56 Å². The Morgan fingerprint density at radius 1 is 1.03 bits per heavy atom. The fourth-order valence-corrected chi connectivity index (χ4v) is 3.18. The predicted molar refractivity (Wildman–Crippen MR) is 106 cm³/mol. The highest BCUT2D eigenvalue weighted by molar-refractivity contribution is 5.58. The number of aliphatic hydroxyl groups is 5. The van der Waals surface area contributed by atoms with E-state index in [2.05, 4.69) is 0 Å². The summed E-state index contributed by atoms with van der Waals surface area (Å²) in [6, 6.07) is 14.3. The van der Waals surface area contributed by atoms with Gasteiger partial charge in [-0.15, -0.1) is 0 Å². The highest BCUT2D eigenvalue weighted by Gasteiger charge is 2.47. The van der Waals surface area contributed by atoms with Crippen LogP contribution in [0.25, 0.3) is 5.76 Å². The minimum atomic E-state index is -1.62. The van der Waals surface area contributed by atoms with Crippen molar-refractivity contribution in [2.45, 2.75) is 43.7 Å². The van der Waals surface area contributed by atoms with Crippen LogP contribution in [0.3, 0.4) is 0 Å². The van der Waals surface area contributed by atoms with Crippen molar-refractivity contribution in [3.63, 3.8) is 0 Å². The Bertz CT molecular complexity index is 920. The first-order valence-electron chi connectivity index (χ1n) is 9.36. The molecule has 1 fully saturated rings. The topological polar surface area (TPSA) is 143 Å². The molecular formula is C22H23NO7. The van der Waals surface area contributed by atoms with Gasteiger partial charge >= 0.3 is 0 Å². The van der Waals surface area contributed by atoms with Gasteiger partial charge in [0.15, 0.2) is 0 Å². The van der Waals surface area contributed by atoms with Gasteiger partial charge in [-0.25, -0.2) is 0 Å². The lowest BCUT2D eigenvalue weighted by Crippen LogP contribution is -2.60. The summed E-state index contributed by atoms with van der Waals surface area (Å²) in [5.74, 6) is 0.390. The Morgan fingerprint density at radius 3 is 2.23 bits per heavy atom. The molecule has 1 unspecified atom stereocenters. The summed E-state index contributed by atoms with van der Waals surface area (Å²) in [6.45, 7) is 1.69. The number of allylic oxidation sites excluding steroid dienone is 1. The Balaban J connectivity index is 1.77. The minimum absolute atomic E-state index is 0.0969. The van der Waals surface area contributed by atoms with Crippen molar-refractivity contribution in [2.24, 2.45) is 0 Å². The number of hydrogen-bond acceptors (Lipinski definition) is 8. The van der Waals surface area contributed by atoms with Crippen LogP contribution in [-0.4, -0.2) is 56.2 Å². The molecule has 3 rings (SSSR count). The molecule has 2 aromatic rings. The van der Waals surface area contributed by atoms with E-state index in [9.17, 15) is 25.5 Å². The molecule has 0 amide bonds. The molecule has 158 valence electrons. The molecule has 0 aromatic heterocycles. The van der Waals surface area contributed by atoms with E-state index in [4.69, 9.17) is 14.7 Å². The molecule has 30 heavy (non-hydrogen) atoms. The van der Waals surface area contributed by atoms with Gasteiger partial charge in [0.25, 0.3) is 0 Å². The zero-order valence-electron chi connectivity index (χ0n) is 16.2. The van der Waals surface area contributed by atoms with Crippen molar-refractivity contribution < 1.29 is 35.0 Å². The highest BCUT2D eigenvalue weighted by atomic mass is 16.7. The third-order valence-corrected chi connectivity index (χ3v) is 4.97. The van der Waals surface area contributed by atoms with Crippen LogP contribution in [-0.2, 0) is 4.74 Å². The molecule has 6 atom stereocenters. The van der Waals surface area contributed by atoms with Crippen molar-refractivity contribution in [3.8, 4) is 11.8 Å². The average molecular weight is 413 g/mol. The molecule has 1 saturated heterocycles. The molecule has 8 nitrogen and oxygen atoms in total. The quantitative estimate of drug-likeness (QED) is 0.463. The van der Waals surface area contributed by atoms with E-state index in [1.165, 1.54) is 30.3 Å². The summed E-state index contributed by atoms with van der Waals surface area (Å²) in [4.78, 5) is 0. The van der Waals surface area contributed by atoms with Gasteiger partial charge in [0.05, 0.1) is 11.6 Å². The van der Waals surface area contributed by atoms with Crippen LogP contribution in [0, 0.1) is 11.3 Å². The van der Waals surface area contributed by atoms with E-state index in [-0.39, 0.29) is 5.76 Å². The van der Waals surface area contributed by atoms with Gasteiger partial charge in [-0.1, -0.05) is 12.1 Å². The molecule has 1 aliphatic heterocycles. The van der Waals surface area contributed by atoms with Crippen molar-refractivity contribution >= 4 is 5.76 Å². The van der Waals surface area contributed by atoms with E-state index >= 15 is 0 Å². The number of ether oxygens (including phenoxy) is 2. The SMILES string of the molecule is CC=C(O)c1ccc(O[C@@H]2O[C@H](C(O)c3ccc(C#N)cc3)[C@@H](O)[C@H](O)[C@H]2O)cc1. The summed E-state index contributed by atoms with van der Waals surface area (Å²) in [7, 11) is 0. The minimum Gasteiger partial charge on any atom is -0.508 e.